The van der Waals surface area contributed by atoms with E-state index in [9.17, 15) is 9.18 Å². The monoisotopic (exact) mass is 466 g/mol. The number of carbonyl (C=O) groups is 1. The predicted octanol–water partition coefficient (Wildman–Crippen LogP) is 5.20. The lowest BCUT2D eigenvalue weighted by molar-refractivity contribution is -0.129. The Morgan fingerprint density at radius 2 is 1.94 bits per heavy atom. The average Bonchev–Trinajstić information content (AvgIpc) is 3.44. The fourth-order valence-electron chi connectivity index (χ4n) is 3.40. The Morgan fingerprint density at radius 1 is 1.12 bits per heavy atom. The molecule has 2 aromatic heterocycles. The van der Waals surface area contributed by atoms with Crippen LogP contribution in [0.5, 0.6) is 0 Å². The molecular formula is C24H23FN4OS2. The van der Waals surface area contributed by atoms with E-state index >= 15 is 0 Å². The summed E-state index contributed by atoms with van der Waals surface area (Å²) in [6.07, 6.45) is 0.669. The van der Waals surface area contributed by atoms with Crippen LogP contribution in [0.15, 0.2) is 77.3 Å². The predicted molar refractivity (Wildman–Crippen MR) is 127 cm³/mol. The van der Waals surface area contributed by atoms with Gasteiger partial charge in [0.25, 0.3) is 0 Å². The first kappa shape index (κ1) is 22.2. The SMILES string of the molecule is CC(Sc1nnc(Cc2cccs2)n1-c1ccccc1)C(=O)N(C)Cc1cccc(F)c1. The van der Waals surface area contributed by atoms with E-state index in [2.05, 4.69) is 16.3 Å². The summed E-state index contributed by atoms with van der Waals surface area (Å²) < 4.78 is 15.5. The highest BCUT2D eigenvalue weighted by molar-refractivity contribution is 8.00. The molecule has 0 aliphatic carbocycles. The van der Waals surface area contributed by atoms with E-state index in [1.165, 1.54) is 28.8 Å². The smallest absolute Gasteiger partial charge is 0.235 e. The molecule has 0 saturated heterocycles. The summed E-state index contributed by atoms with van der Waals surface area (Å²) in [6, 6.07) is 20.3. The number of aromatic nitrogens is 3. The number of rotatable bonds is 8. The summed E-state index contributed by atoms with van der Waals surface area (Å²) >= 11 is 3.06. The van der Waals surface area contributed by atoms with Crippen molar-refractivity contribution in [1.29, 1.82) is 0 Å². The molecular weight excluding hydrogens is 443 g/mol. The number of hydrogen-bond acceptors (Lipinski definition) is 5. The quantitative estimate of drug-likeness (QED) is 0.335. The van der Waals surface area contributed by atoms with Crippen molar-refractivity contribution in [3.05, 3.63) is 94.2 Å². The highest BCUT2D eigenvalue weighted by atomic mass is 32.2. The van der Waals surface area contributed by atoms with Gasteiger partial charge in [-0.05, 0) is 48.2 Å². The van der Waals surface area contributed by atoms with Crippen molar-refractivity contribution in [2.75, 3.05) is 7.05 Å². The highest BCUT2D eigenvalue weighted by Crippen LogP contribution is 2.28. The number of thioether (sulfide) groups is 1. The fraction of sp³-hybridized carbons (Fsp3) is 0.208. The Bertz CT molecular complexity index is 1180. The molecule has 4 aromatic rings. The molecule has 32 heavy (non-hydrogen) atoms. The number of hydrogen-bond donors (Lipinski definition) is 0. The van der Waals surface area contributed by atoms with Gasteiger partial charge in [0.05, 0.1) is 5.25 Å². The van der Waals surface area contributed by atoms with E-state index in [0.29, 0.717) is 18.1 Å². The van der Waals surface area contributed by atoms with Crippen molar-refractivity contribution >= 4 is 29.0 Å². The molecule has 0 bridgehead atoms. The first-order valence-corrected chi connectivity index (χ1v) is 12.0. The summed E-state index contributed by atoms with van der Waals surface area (Å²) in [5.74, 6) is 0.468. The number of halogens is 1. The Morgan fingerprint density at radius 3 is 2.66 bits per heavy atom. The van der Waals surface area contributed by atoms with E-state index < -0.39 is 0 Å². The van der Waals surface area contributed by atoms with Crippen LogP contribution in [0.3, 0.4) is 0 Å². The second-order valence-electron chi connectivity index (χ2n) is 7.41. The number of carbonyl (C=O) groups excluding carboxylic acids is 1. The maximum atomic E-state index is 13.5. The maximum Gasteiger partial charge on any atom is 0.235 e. The molecule has 8 heteroatoms. The van der Waals surface area contributed by atoms with Crippen LogP contribution in [-0.4, -0.2) is 37.9 Å². The van der Waals surface area contributed by atoms with Gasteiger partial charge in [-0.3, -0.25) is 9.36 Å². The normalized spacial score (nSPS) is 12.0. The Kier molecular flexibility index (Phi) is 7.02. The molecule has 0 saturated carbocycles. The largest absolute Gasteiger partial charge is 0.340 e. The van der Waals surface area contributed by atoms with Crippen molar-refractivity contribution in [3.8, 4) is 5.69 Å². The molecule has 2 aromatic carbocycles. The molecule has 0 aliphatic heterocycles. The zero-order valence-electron chi connectivity index (χ0n) is 17.8. The van der Waals surface area contributed by atoms with Gasteiger partial charge in [0.15, 0.2) is 5.16 Å². The van der Waals surface area contributed by atoms with Crippen LogP contribution >= 0.6 is 23.1 Å². The van der Waals surface area contributed by atoms with Crippen molar-refractivity contribution < 1.29 is 9.18 Å². The summed E-state index contributed by atoms with van der Waals surface area (Å²) in [5.41, 5.74) is 1.71. The molecule has 1 unspecified atom stereocenters. The number of nitrogens with zero attached hydrogens (tertiary/aromatic N) is 4. The van der Waals surface area contributed by atoms with E-state index in [4.69, 9.17) is 0 Å². The van der Waals surface area contributed by atoms with E-state index in [0.717, 1.165) is 17.1 Å². The molecule has 4 rings (SSSR count). The fourth-order valence-corrected chi connectivity index (χ4v) is 5.11. The maximum absolute atomic E-state index is 13.5. The van der Waals surface area contributed by atoms with Crippen LogP contribution in [0, 0.1) is 5.82 Å². The molecule has 0 N–H and O–H groups in total. The van der Waals surface area contributed by atoms with Gasteiger partial charge in [-0.2, -0.15) is 0 Å². The topological polar surface area (TPSA) is 51.0 Å². The Hall–Kier alpha value is -2.97. The lowest BCUT2D eigenvalue weighted by Gasteiger charge is -2.21. The van der Waals surface area contributed by atoms with Gasteiger partial charge in [-0.1, -0.05) is 48.2 Å². The van der Waals surface area contributed by atoms with E-state index in [-0.39, 0.29) is 17.0 Å². The van der Waals surface area contributed by atoms with Crippen LogP contribution in [0.2, 0.25) is 0 Å². The number of amides is 1. The van der Waals surface area contributed by atoms with Crippen LogP contribution < -0.4 is 0 Å². The molecule has 0 spiro atoms. The molecule has 5 nitrogen and oxygen atoms in total. The Labute approximate surface area is 194 Å². The summed E-state index contributed by atoms with van der Waals surface area (Å²) in [5, 5.41) is 11.2. The highest BCUT2D eigenvalue weighted by Gasteiger charge is 2.23. The third kappa shape index (κ3) is 5.26. The van der Waals surface area contributed by atoms with Crippen molar-refractivity contribution in [3.63, 3.8) is 0 Å². The van der Waals surface area contributed by atoms with Gasteiger partial charge >= 0.3 is 0 Å². The second-order valence-corrected chi connectivity index (χ2v) is 9.75. The van der Waals surface area contributed by atoms with Crippen LogP contribution in [0.4, 0.5) is 4.39 Å². The molecule has 1 atom stereocenters. The number of thiophene rings is 1. The Balaban J connectivity index is 1.53. The molecule has 1 amide bonds. The zero-order chi connectivity index (χ0) is 22.5. The van der Waals surface area contributed by atoms with Gasteiger partial charge in [0, 0.05) is 30.6 Å². The van der Waals surface area contributed by atoms with Crippen LogP contribution in [0.25, 0.3) is 5.69 Å². The third-order valence-corrected chi connectivity index (χ3v) is 6.85. The van der Waals surface area contributed by atoms with Gasteiger partial charge < -0.3 is 4.90 Å². The molecule has 0 aliphatic rings. The lowest BCUT2D eigenvalue weighted by Crippen LogP contribution is -2.33. The lowest BCUT2D eigenvalue weighted by atomic mass is 10.2. The first-order valence-electron chi connectivity index (χ1n) is 10.2. The molecule has 0 radical (unpaired) electrons. The molecule has 2 heterocycles. The number of benzene rings is 2. The van der Waals surface area contributed by atoms with Crippen LogP contribution in [-0.2, 0) is 17.8 Å². The molecule has 164 valence electrons. The van der Waals surface area contributed by atoms with Crippen molar-refractivity contribution in [2.45, 2.75) is 30.3 Å². The van der Waals surface area contributed by atoms with Gasteiger partial charge in [-0.25, -0.2) is 4.39 Å². The van der Waals surface area contributed by atoms with E-state index in [1.807, 2.05) is 59.3 Å². The van der Waals surface area contributed by atoms with Crippen molar-refractivity contribution in [1.82, 2.24) is 19.7 Å². The third-order valence-electron chi connectivity index (χ3n) is 4.94. The average molecular weight is 467 g/mol. The van der Waals surface area contributed by atoms with Gasteiger partial charge in [-0.15, -0.1) is 21.5 Å². The summed E-state index contributed by atoms with van der Waals surface area (Å²) in [7, 11) is 1.73. The van der Waals surface area contributed by atoms with Gasteiger partial charge in [0.2, 0.25) is 5.91 Å². The zero-order valence-corrected chi connectivity index (χ0v) is 19.4. The summed E-state index contributed by atoms with van der Waals surface area (Å²) in [4.78, 5) is 15.8. The molecule has 0 fully saturated rings. The number of para-hydroxylation sites is 1. The summed E-state index contributed by atoms with van der Waals surface area (Å²) in [6.45, 7) is 2.20. The van der Waals surface area contributed by atoms with Crippen molar-refractivity contribution in [2.24, 2.45) is 0 Å². The second kappa shape index (κ2) is 10.1. The minimum Gasteiger partial charge on any atom is -0.340 e. The standard InChI is InChI=1S/C24H23FN4OS2/c1-17(23(30)28(2)16-18-8-6-9-19(25)14-18)32-24-27-26-22(15-21-12-7-13-31-21)29(24)20-10-4-3-5-11-20/h3-14,17H,15-16H2,1-2H3. The van der Waals surface area contributed by atoms with E-state index in [1.54, 1.807) is 29.4 Å². The minimum atomic E-state index is -0.380. The van der Waals surface area contributed by atoms with Crippen LogP contribution in [0.1, 0.15) is 23.2 Å². The van der Waals surface area contributed by atoms with Gasteiger partial charge in [0.1, 0.15) is 11.6 Å². The minimum absolute atomic E-state index is 0.0540. The first-order chi connectivity index (χ1) is 15.5.